The van der Waals surface area contributed by atoms with E-state index in [0.717, 1.165) is 0 Å². The number of H-pyrrole nitrogens is 1. The molecule has 1 aromatic heterocycles. The second kappa shape index (κ2) is 5.44. The van der Waals surface area contributed by atoms with Crippen molar-refractivity contribution in [1.29, 1.82) is 0 Å². The van der Waals surface area contributed by atoms with Gasteiger partial charge in [-0.05, 0) is 23.0 Å². The molecule has 2 aromatic rings. The molecule has 0 fully saturated rings. The molecular weight excluding hydrogens is 254 g/mol. The third-order valence-electron chi connectivity index (χ3n) is 2.66. The van der Waals surface area contributed by atoms with Gasteiger partial charge in [0.05, 0.1) is 11.0 Å². The number of hydrogen-bond acceptors (Lipinski definition) is 5. The van der Waals surface area contributed by atoms with Crippen LogP contribution < -0.4 is 10.3 Å². The Bertz CT molecular complexity index is 616. The van der Waals surface area contributed by atoms with Crippen LogP contribution in [-0.4, -0.2) is 15.3 Å². The highest BCUT2D eigenvalue weighted by atomic mass is 16.6. The first-order valence-corrected chi connectivity index (χ1v) is 5.56. The van der Waals surface area contributed by atoms with Crippen LogP contribution in [0.25, 0.3) is 0 Å². The van der Waals surface area contributed by atoms with Gasteiger partial charge in [-0.25, -0.2) is 4.79 Å². The van der Waals surface area contributed by atoms with Crippen molar-refractivity contribution in [3.8, 4) is 0 Å². The van der Waals surface area contributed by atoms with Crippen molar-refractivity contribution < 1.29 is 19.2 Å². The van der Waals surface area contributed by atoms with Gasteiger partial charge in [0.25, 0.3) is 11.9 Å². The lowest BCUT2D eigenvalue weighted by atomic mass is 10.1. The van der Waals surface area contributed by atoms with Gasteiger partial charge in [0, 0.05) is 18.6 Å². The van der Waals surface area contributed by atoms with Gasteiger partial charge in [-0.1, -0.05) is 4.68 Å². The molecule has 0 aliphatic heterocycles. The molecule has 2 N–H and O–H groups in total. The van der Waals surface area contributed by atoms with E-state index >= 15 is 0 Å². The fourth-order valence-corrected chi connectivity index (χ4v) is 1.64. The molecule has 100 valence electrons. The first-order chi connectivity index (χ1) is 9.06. The number of aromatic amines is 1. The Hall–Kier alpha value is -2.48. The van der Waals surface area contributed by atoms with Gasteiger partial charge in [-0.2, -0.15) is 0 Å². The van der Waals surface area contributed by atoms with E-state index in [-0.39, 0.29) is 5.69 Å². The molecular formula is C11H12N3O5+. The first kappa shape index (κ1) is 13.0. The Morgan fingerprint density at radius 3 is 2.63 bits per heavy atom. The van der Waals surface area contributed by atoms with E-state index in [1.165, 1.54) is 35.1 Å². The summed E-state index contributed by atoms with van der Waals surface area (Å²) in [5.41, 5.74) is 0.0614. The van der Waals surface area contributed by atoms with Crippen LogP contribution in [0.4, 0.5) is 5.69 Å². The quantitative estimate of drug-likeness (QED) is 0.458. The number of rotatable bonds is 5. The molecule has 19 heavy (non-hydrogen) atoms. The van der Waals surface area contributed by atoms with E-state index in [4.69, 9.17) is 0 Å². The third-order valence-corrected chi connectivity index (χ3v) is 2.66. The standard InChI is InChI=1S/C11H11N3O5/c15-10(5-6-13-7-11(16)19-12-13)8-1-3-9(4-2-8)14(17)18/h1-4,7,10,15H,5-6H2/p+1. The molecule has 0 amide bonds. The van der Waals surface area contributed by atoms with Crippen LogP contribution in [-0.2, 0) is 6.54 Å². The van der Waals surface area contributed by atoms with Gasteiger partial charge >= 0.3 is 5.63 Å². The molecule has 0 saturated carbocycles. The molecule has 8 nitrogen and oxygen atoms in total. The van der Waals surface area contributed by atoms with Crippen molar-refractivity contribution in [3.63, 3.8) is 0 Å². The Morgan fingerprint density at radius 2 is 2.11 bits per heavy atom. The van der Waals surface area contributed by atoms with Crippen molar-refractivity contribution in [2.45, 2.75) is 19.1 Å². The average molecular weight is 266 g/mol. The molecule has 1 aromatic carbocycles. The fraction of sp³-hybridized carbons (Fsp3) is 0.273. The minimum Gasteiger partial charge on any atom is -0.388 e. The maximum absolute atomic E-state index is 10.8. The molecule has 0 spiro atoms. The lowest BCUT2D eigenvalue weighted by Crippen LogP contribution is -2.36. The number of aromatic nitrogens is 2. The summed E-state index contributed by atoms with van der Waals surface area (Å²) in [4.78, 5) is 20.8. The number of nitro benzene ring substituents is 1. The molecule has 1 unspecified atom stereocenters. The Labute approximate surface area is 107 Å². The maximum Gasteiger partial charge on any atom is 0.426 e. The number of hydrogen-bond donors (Lipinski definition) is 2. The van der Waals surface area contributed by atoms with Crippen LogP contribution in [0.2, 0.25) is 0 Å². The van der Waals surface area contributed by atoms with Gasteiger partial charge in [0.2, 0.25) is 0 Å². The zero-order valence-electron chi connectivity index (χ0n) is 9.85. The normalized spacial score (nSPS) is 12.3. The molecule has 1 heterocycles. The number of aryl methyl sites for hydroxylation is 1. The van der Waals surface area contributed by atoms with Gasteiger partial charge in [-0.15, -0.1) is 0 Å². The monoisotopic (exact) mass is 266 g/mol. The summed E-state index contributed by atoms with van der Waals surface area (Å²) in [6, 6.07) is 5.69. The van der Waals surface area contributed by atoms with Crippen molar-refractivity contribution in [1.82, 2.24) is 5.27 Å². The smallest absolute Gasteiger partial charge is 0.388 e. The second-order valence-corrected chi connectivity index (χ2v) is 3.99. The van der Waals surface area contributed by atoms with Crippen molar-refractivity contribution in [2.75, 3.05) is 0 Å². The van der Waals surface area contributed by atoms with Crippen LogP contribution in [0.5, 0.6) is 0 Å². The van der Waals surface area contributed by atoms with Crippen LogP contribution in [0.1, 0.15) is 18.1 Å². The van der Waals surface area contributed by atoms with Crippen molar-refractivity contribution in [2.24, 2.45) is 0 Å². The van der Waals surface area contributed by atoms with Crippen LogP contribution in [0, 0.1) is 10.1 Å². The predicted molar refractivity (Wildman–Crippen MR) is 62.2 cm³/mol. The minimum absolute atomic E-state index is 0.0236. The first-order valence-electron chi connectivity index (χ1n) is 5.56. The van der Waals surface area contributed by atoms with E-state index in [9.17, 15) is 20.0 Å². The average Bonchev–Trinajstić information content (AvgIpc) is 2.82. The Balaban J connectivity index is 1.97. The topological polar surface area (TPSA) is 113 Å². The van der Waals surface area contributed by atoms with Crippen LogP contribution in [0.3, 0.4) is 0 Å². The lowest BCUT2D eigenvalue weighted by Gasteiger charge is -2.07. The molecule has 2 rings (SSSR count). The molecule has 0 radical (unpaired) electrons. The van der Waals surface area contributed by atoms with E-state index in [1.54, 1.807) is 0 Å². The van der Waals surface area contributed by atoms with E-state index in [1.807, 2.05) is 0 Å². The third kappa shape index (κ3) is 3.26. The van der Waals surface area contributed by atoms with E-state index < -0.39 is 16.7 Å². The summed E-state index contributed by atoms with van der Waals surface area (Å²) in [6.07, 6.45) is 0.812. The number of aliphatic hydroxyl groups is 1. The minimum atomic E-state index is -0.772. The van der Waals surface area contributed by atoms with Crippen molar-refractivity contribution >= 4 is 5.69 Å². The Morgan fingerprint density at radius 1 is 1.42 bits per heavy atom. The molecule has 1 atom stereocenters. The largest absolute Gasteiger partial charge is 0.426 e. The van der Waals surface area contributed by atoms with Gasteiger partial charge in [0.15, 0.2) is 6.54 Å². The zero-order chi connectivity index (χ0) is 13.8. The Kier molecular flexibility index (Phi) is 3.71. The highest BCUT2D eigenvalue weighted by Crippen LogP contribution is 2.19. The summed E-state index contributed by atoms with van der Waals surface area (Å²) in [5, 5.41) is 22.8. The number of nitrogens with one attached hydrogen (secondary N) is 1. The summed E-state index contributed by atoms with van der Waals surface area (Å²) in [7, 11) is 0. The summed E-state index contributed by atoms with van der Waals surface area (Å²) in [6.45, 7) is 0.365. The molecule has 0 aliphatic rings. The molecule has 8 heteroatoms. The number of nitrogens with zero attached hydrogens (tertiary/aromatic N) is 2. The van der Waals surface area contributed by atoms with Gasteiger partial charge < -0.3 is 5.11 Å². The van der Waals surface area contributed by atoms with Crippen LogP contribution >= 0.6 is 0 Å². The number of aliphatic hydroxyl groups excluding tert-OH is 1. The van der Waals surface area contributed by atoms with Gasteiger partial charge in [0.1, 0.15) is 0 Å². The van der Waals surface area contributed by atoms with Crippen LogP contribution in [0.15, 0.2) is 39.8 Å². The SMILES string of the molecule is O=c1c[n+](CCC(O)c2ccc([N+](=O)[O-])cc2)[nH]o1. The maximum atomic E-state index is 10.8. The highest BCUT2D eigenvalue weighted by molar-refractivity contribution is 5.33. The molecule has 0 saturated heterocycles. The molecule has 0 aliphatic carbocycles. The van der Waals surface area contributed by atoms with Gasteiger partial charge in [-0.3, -0.25) is 14.6 Å². The summed E-state index contributed by atoms with van der Waals surface area (Å²) in [5.74, 6) is 0. The second-order valence-electron chi connectivity index (χ2n) is 3.99. The lowest BCUT2D eigenvalue weighted by molar-refractivity contribution is -0.763. The van der Waals surface area contributed by atoms with E-state index in [0.29, 0.717) is 18.5 Å². The fourth-order valence-electron chi connectivity index (χ4n) is 1.64. The molecule has 0 bridgehead atoms. The van der Waals surface area contributed by atoms with Crippen molar-refractivity contribution in [3.05, 3.63) is 56.6 Å². The van der Waals surface area contributed by atoms with E-state index in [2.05, 4.69) is 9.79 Å². The number of nitro groups is 1. The number of non-ortho nitro benzene ring substituents is 1. The highest BCUT2D eigenvalue weighted by Gasteiger charge is 2.14. The summed E-state index contributed by atoms with van der Waals surface area (Å²) < 4.78 is 5.88. The number of benzene rings is 1. The predicted octanol–water partition coefficient (Wildman–Crippen LogP) is 0.287. The summed E-state index contributed by atoms with van der Waals surface area (Å²) >= 11 is 0. The zero-order valence-corrected chi connectivity index (χ0v) is 9.85.